The van der Waals surface area contributed by atoms with Gasteiger partial charge in [0, 0.05) is 46.4 Å². The van der Waals surface area contributed by atoms with Crippen molar-refractivity contribution in [3.05, 3.63) is 70.9 Å². The highest BCUT2D eigenvalue weighted by Crippen LogP contribution is 2.29. The lowest BCUT2D eigenvalue weighted by Gasteiger charge is -2.15. The van der Waals surface area contributed by atoms with Gasteiger partial charge in [0.15, 0.2) is 0 Å². The van der Waals surface area contributed by atoms with E-state index in [0.29, 0.717) is 13.0 Å². The Kier molecular flexibility index (Phi) is 5.50. The molecule has 0 saturated carbocycles. The molecule has 4 nitrogen and oxygen atoms in total. The molecule has 1 aromatic carbocycles. The summed E-state index contributed by atoms with van der Waals surface area (Å²) in [6.07, 6.45) is 1.75. The monoisotopic (exact) mass is 384 g/mol. The van der Waals surface area contributed by atoms with Crippen LogP contribution in [-0.2, 0) is 16.4 Å². The van der Waals surface area contributed by atoms with Gasteiger partial charge in [0.25, 0.3) is 0 Å². The third-order valence-corrected chi connectivity index (χ3v) is 5.86. The van der Waals surface area contributed by atoms with E-state index in [0.717, 1.165) is 22.5 Å². The summed E-state index contributed by atoms with van der Waals surface area (Å²) in [6, 6.07) is 18.3. The highest BCUT2D eigenvalue weighted by Gasteiger charge is 2.15. The van der Waals surface area contributed by atoms with Gasteiger partial charge in [-0.15, -0.1) is 11.3 Å². The second-order valence-corrected chi connectivity index (χ2v) is 8.86. The van der Waals surface area contributed by atoms with Crippen molar-refractivity contribution in [1.29, 1.82) is 0 Å². The van der Waals surface area contributed by atoms with Gasteiger partial charge in [-0.3, -0.25) is 0 Å². The number of aromatic nitrogens is 1. The second kappa shape index (κ2) is 7.81. The summed E-state index contributed by atoms with van der Waals surface area (Å²) in [6.45, 7) is 2.31. The van der Waals surface area contributed by atoms with Gasteiger partial charge in [-0.2, -0.15) is 0 Å². The van der Waals surface area contributed by atoms with Gasteiger partial charge in [-0.05, 0) is 42.5 Å². The van der Waals surface area contributed by atoms with Crippen LogP contribution >= 0.6 is 11.3 Å². The Bertz CT molecular complexity index is 1020. The van der Waals surface area contributed by atoms with E-state index in [2.05, 4.69) is 29.1 Å². The fourth-order valence-corrected chi connectivity index (χ4v) is 4.06. The molecule has 0 aliphatic carbocycles. The molecule has 0 atom stereocenters. The number of aromatic amines is 1. The maximum atomic E-state index is 12.1. The number of nitrogens with one attached hydrogen (secondary N) is 1. The molecule has 3 aromatic rings. The van der Waals surface area contributed by atoms with E-state index in [1.54, 1.807) is 11.3 Å². The first-order chi connectivity index (χ1) is 12.4. The molecule has 0 aliphatic heterocycles. The highest BCUT2D eigenvalue weighted by molar-refractivity contribution is 7.88. The molecule has 0 bridgehead atoms. The number of sulfonamides is 1. The van der Waals surface area contributed by atoms with E-state index in [1.165, 1.54) is 15.4 Å². The average Bonchev–Trinajstić information content (AvgIpc) is 3.24. The van der Waals surface area contributed by atoms with Crippen molar-refractivity contribution < 1.29 is 8.42 Å². The zero-order valence-corrected chi connectivity index (χ0v) is 16.3. The lowest BCUT2D eigenvalue weighted by Crippen LogP contribution is -2.27. The average molecular weight is 385 g/mol. The van der Waals surface area contributed by atoms with Gasteiger partial charge in [-0.25, -0.2) is 12.7 Å². The molecule has 2 aromatic heterocycles. The van der Waals surface area contributed by atoms with Gasteiger partial charge in [0.2, 0.25) is 10.0 Å². The van der Waals surface area contributed by atoms with Crippen molar-refractivity contribution in [2.45, 2.75) is 13.3 Å². The van der Waals surface area contributed by atoms with Crippen LogP contribution in [0.4, 0.5) is 0 Å². The largest absolute Gasteiger partial charge is 0.362 e. The number of benzene rings is 1. The van der Waals surface area contributed by atoms with Crippen LogP contribution in [0.5, 0.6) is 0 Å². The van der Waals surface area contributed by atoms with Crippen LogP contribution in [0.15, 0.2) is 53.9 Å². The number of nitrogens with zero attached hydrogens (tertiary/aromatic N) is 1. The molecule has 6 heteroatoms. The minimum absolute atomic E-state index is 0.303. The Hall–Kier alpha value is -2.49. The van der Waals surface area contributed by atoms with Crippen molar-refractivity contribution in [2.24, 2.45) is 0 Å². The van der Waals surface area contributed by atoms with Crippen molar-refractivity contribution in [2.75, 3.05) is 12.8 Å². The Morgan fingerprint density at radius 1 is 1.15 bits per heavy atom. The number of hydrogen-bond donors (Lipinski definition) is 1. The molecule has 0 saturated heterocycles. The van der Waals surface area contributed by atoms with Crippen LogP contribution in [0.1, 0.15) is 17.0 Å². The molecule has 0 fully saturated rings. The molecule has 2 heterocycles. The summed E-state index contributed by atoms with van der Waals surface area (Å²) in [4.78, 5) is 4.52. The molecule has 1 N–H and O–H groups in total. The quantitative estimate of drug-likeness (QED) is 0.536. The summed E-state index contributed by atoms with van der Waals surface area (Å²) >= 11 is 1.67. The predicted molar refractivity (Wildman–Crippen MR) is 107 cm³/mol. The fourth-order valence-electron chi connectivity index (χ4n) is 2.66. The molecule has 0 unspecified atom stereocenters. The Balaban J connectivity index is 1.81. The summed E-state index contributed by atoms with van der Waals surface area (Å²) in [5, 5.41) is 2.04. The number of rotatable bonds is 5. The predicted octanol–water partition coefficient (Wildman–Crippen LogP) is 3.86. The van der Waals surface area contributed by atoms with Crippen LogP contribution in [0.2, 0.25) is 0 Å². The summed E-state index contributed by atoms with van der Waals surface area (Å²) in [5.41, 5.74) is 4.00. The van der Waals surface area contributed by atoms with Gasteiger partial charge in [0.05, 0.1) is 6.26 Å². The lowest BCUT2D eigenvalue weighted by molar-refractivity contribution is 0.517. The topological polar surface area (TPSA) is 53.2 Å². The van der Waals surface area contributed by atoms with Crippen molar-refractivity contribution in [3.63, 3.8) is 0 Å². The highest BCUT2D eigenvalue weighted by atomic mass is 32.2. The van der Waals surface area contributed by atoms with E-state index in [-0.39, 0.29) is 0 Å². The summed E-state index contributed by atoms with van der Waals surface area (Å²) < 4.78 is 25.4. The zero-order valence-electron chi connectivity index (χ0n) is 14.7. The van der Waals surface area contributed by atoms with Gasteiger partial charge in [0.1, 0.15) is 0 Å². The maximum Gasteiger partial charge on any atom is 0.238 e. The first-order valence-electron chi connectivity index (χ1n) is 8.20. The van der Waals surface area contributed by atoms with Crippen LogP contribution in [0.25, 0.3) is 10.4 Å². The summed E-state index contributed by atoms with van der Waals surface area (Å²) in [7, 11) is -3.42. The second-order valence-electron chi connectivity index (χ2n) is 6.01. The standard InChI is InChI=1S/C20H20N2O2S2/c1-16-15-18(20-9-6-14-25-20)19(21-16)11-13-22(26(2,23)24)12-10-17-7-4-3-5-8-17/h3-9,14-15,21H,11,13H2,1-2H3. The Morgan fingerprint density at radius 2 is 1.92 bits per heavy atom. The van der Waals surface area contributed by atoms with Gasteiger partial charge < -0.3 is 4.98 Å². The Labute approximate surface area is 158 Å². The molecule has 26 heavy (non-hydrogen) atoms. The normalized spacial score (nSPS) is 11.0. The molecule has 134 valence electrons. The van der Waals surface area contributed by atoms with Crippen molar-refractivity contribution in [1.82, 2.24) is 9.29 Å². The van der Waals surface area contributed by atoms with Crippen LogP contribution in [0, 0.1) is 18.9 Å². The number of hydrogen-bond acceptors (Lipinski definition) is 3. The van der Waals surface area contributed by atoms with Gasteiger partial charge in [-0.1, -0.05) is 24.3 Å². The molecular weight excluding hydrogens is 364 g/mol. The van der Waals surface area contributed by atoms with E-state index < -0.39 is 10.0 Å². The molecule has 0 aliphatic rings. The number of aryl methyl sites for hydroxylation is 1. The van der Waals surface area contributed by atoms with Crippen molar-refractivity contribution >= 4 is 21.4 Å². The summed E-state index contributed by atoms with van der Waals surface area (Å²) in [5.74, 6) is 2.92. The number of thiophene rings is 1. The van der Waals surface area contributed by atoms with Crippen LogP contribution < -0.4 is 0 Å². The smallest absolute Gasteiger partial charge is 0.238 e. The first-order valence-corrected chi connectivity index (χ1v) is 10.9. The SMILES string of the molecule is Cc1cc(-c2cccs2)c(CCN(C#Cc2ccccc2)S(C)(=O)=O)[nH]1. The molecule has 0 radical (unpaired) electrons. The molecule has 0 amide bonds. The fraction of sp³-hybridized carbons (Fsp3) is 0.200. The van der Waals surface area contributed by atoms with E-state index >= 15 is 0 Å². The van der Waals surface area contributed by atoms with E-state index in [1.807, 2.05) is 48.7 Å². The molecule has 3 rings (SSSR count). The lowest BCUT2D eigenvalue weighted by atomic mass is 10.1. The van der Waals surface area contributed by atoms with E-state index in [4.69, 9.17) is 0 Å². The van der Waals surface area contributed by atoms with Crippen LogP contribution in [-0.4, -0.2) is 30.5 Å². The van der Waals surface area contributed by atoms with Crippen molar-refractivity contribution in [3.8, 4) is 22.4 Å². The first kappa shape index (κ1) is 18.3. The molecule has 0 spiro atoms. The Morgan fingerprint density at radius 3 is 2.58 bits per heavy atom. The third kappa shape index (κ3) is 4.57. The minimum atomic E-state index is -3.42. The molecular formula is C20H20N2O2S2. The van der Waals surface area contributed by atoms with Crippen LogP contribution in [0.3, 0.4) is 0 Å². The number of H-pyrrole nitrogens is 1. The minimum Gasteiger partial charge on any atom is -0.362 e. The zero-order chi connectivity index (χ0) is 18.6. The van der Waals surface area contributed by atoms with Gasteiger partial charge >= 0.3 is 0 Å². The maximum absolute atomic E-state index is 12.1. The van der Waals surface area contributed by atoms with E-state index in [9.17, 15) is 8.42 Å². The third-order valence-electron chi connectivity index (χ3n) is 3.88.